The zero-order chi connectivity index (χ0) is 16.9. The highest BCUT2D eigenvalue weighted by Gasteiger charge is 2.20. The number of carbonyl (C=O) groups is 1. The SMILES string of the molecule is Cc1cc2cccc(C(=O)N(CCCO)Cc3cccnc3)c2o1. The van der Waals surface area contributed by atoms with Crippen LogP contribution in [-0.4, -0.2) is 34.0 Å². The zero-order valence-electron chi connectivity index (χ0n) is 13.6. The summed E-state index contributed by atoms with van der Waals surface area (Å²) in [6, 6.07) is 11.3. The largest absolute Gasteiger partial charge is 0.461 e. The van der Waals surface area contributed by atoms with Crippen LogP contribution >= 0.6 is 0 Å². The molecular weight excluding hydrogens is 304 g/mol. The number of furan rings is 1. The summed E-state index contributed by atoms with van der Waals surface area (Å²) in [6.07, 6.45) is 3.98. The summed E-state index contributed by atoms with van der Waals surface area (Å²) in [6.45, 7) is 2.83. The lowest BCUT2D eigenvalue weighted by Gasteiger charge is -2.22. The van der Waals surface area contributed by atoms with Gasteiger partial charge in [0.25, 0.3) is 5.91 Å². The van der Waals surface area contributed by atoms with Gasteiger partial charge in [-0.3, -0.25) is 9.78 Å². The average molecular weight is 324 g/mol. The van der Waals surface area contributed by atoms with E-state index in [1.165, 1.54) is 0 Å². The number of pyridine rings is 1. The second-order valence-corrected chi connectivity index (χ2v) is 5.75. The summed E-state index contributed by atoms with van der Waals surface area (Å²) >= 11 is 0. The molecule has 1 amide bonds. The van der Waals surface area contributed by atoms with Gasteiger partial charge in [-0.25, -0.2) is 0 Å². The van der Waals surface area contributed by atoms with Gasteiger partial charge >= 0.3 is 0 Å². The molecule has 0 atom stereocenters. The van der Waals surface area contributed by atoms with Crippen molar-refractivity contribution in [1.82, 2.24) is 9.88 Å². The number of nitrogens with zero attached hydrogens (tertiary/aromatic N) is 2. The van der Waals surface area contributed by atoms with Crippen molar-refractivity contribution < 1.29 is 14.3 Å². The van der Waals surface area contributed by atoms with Crippen LogP contribution in [0.5, 0.6) is 0 Å². The molecule has 24 heavy (non-hydrogen) atoms. The van der Waals surface area contributed by atoms with Crippen molar-refractivity contribution in [2.45, 2.75) is 19.9 Å². The minimum Gasteiger partial charge on any atom is -0.461 e. The Hall–Kier alpha value is -2.66. The highest BCUT2D eigenvalue weighted by atomic mass is 16.3. The number of hydrogen-bond donors (Lipinski definition) is 1. The van der Waals surface area contributed by atoms with E-state index in [2.05, 4.69) is 4.98 Å². The van der Waals surface area contributed by atoms with Gasteiger partial charge < -0.3 is 14.4 Å². The van der Waals surface area contributed by atoms with Crippen molar-refractivity contribution >= 4 is 16.9 Å². The van der Waals surface area contributed by atoms with Crippen LogP contribution in [0.1, 0.15) is 28.1 Å². The third-order valence-electron chi connectivity index (χ3n) is 3.87. The molecule has 0 fully saturated rings. The molecule has 0 aliphatic heterocycles. The van der Waals surface area contributed by atoms with Crippen LogP contribution in [0.3, 0.4) is 0 Å². The number of amides is 1. The predicted molar refractivity (Wildman–Crippen MR) is 91.6 cm³/mol. The molecule has 0 bridgehead atoms. The van der Waals surface area contributed by atoms with Crippen molar-refractivity contribution in [3.05, 3.63) is 65.7 Å². The molecule has 0 unspecified atom stereocenters. The van der Waals surface area contributed by atoms with E-state index in [0.29, 0.717) is 30.7 Å². The minimum atomic E-state index is -0.104. The standard InChI is InChI=1S/C19H20N2O3/c1-14-11-16-6-2-7-17(18(16)24-14)19(23)21(9-4-10-22)13-15-5-3-8-20-12-15/h2-3,5-8,11-12,22H,4,9-10,13H2,1H3. The fraction of sp³-hybridized carbons (Fsp3) is 0.263. The van der Waals surface area contributed by atoms with E-state index in [9.17, 15) is 4.79 Å². The number of benzene rings is 1. The van der Waals surface area contributed by atoms with Crippen LogP contribution in [0.15, 0.2) is 53.2 Å². The van der Waals surface area contributed by atoms with Crippen molar-refractivity contribution in [2.24, 2.45) is 0 Å². The molecule has 5 heteroatoms. The van der Waals surface area contributed by atoms with Crippen molar-refractivity contribution in [3.8, 4) is 0 Å². The molecule has 3 aromatic rings. The topological polar surface area (TPSA) is 66.6 Å². The monoisotopic (exact) mass is 324 g/mol. The number of aliphatic hydroxyl groups is 1. The van der Waals surface area contributed by atoms with E-state index in [-0.39, 0.29) is 12.5 Å². The second-order valence-electron chi connectivity index (χ2n) is 5.75. The first-order valence-electron chi connectivity index (χ1n) is 7.97. The average Bonchev–Trinajstić information content (AvgIpc) is 2.99. The quantitative estimate of drug-likeness (QED) is 0.756. The first kappa shape index (κ1) is 16.2. The van der Waals surface area contributed by atoms with Gasteiger partial charge in [-0.2, -0.15) is 0 Å². The Bertz CT molecular complexity index is 827. The lowest BCUT2D eigenvalue weighted by atomic mass is 10.1. The fourth-order valence-corrected chi connectivity index (χ4v) is 2.76. The van der Waals surface area contributed by atoms with E-state index in [1.807, 2.05) is 37.3 Å². The number of aliphatic hydroxyl groups excluding tert-OH is 1. The third kappa shape index (κ3) is 3.46. The molecule has 0 saturated carbocycles. The van der Waals surface area contributed by atoms with Gasteiger partial charge in [0.2, 0.25) is 0 Å². The number of hydrogen-bond acceptors (Lipinski definition) is 4. The lowest BCUT2D eigenvalue weighted by Crippen LogP contribution is -2.32. The van der Waals surface area contributed by atoms with Crippen LogP contribution in [0.4, 0.5) is 0 Å². The molecule has 2 heterocycles. The highest BCUT2D eigenvalue weighted by molar-refractivity contribution is 6.05. The maximum absolute atomic E-state index is 13.0. The number of aryl methyl sites for hydroxylation is 1. The number of aromatic nitrogens is 1. The van der Waals surface area contributed by atoms with Gasteiger partial charge in [-0.15, -0.1) is 0 Å². The molecule has 0 aliphatic rings. The van der Waals surface area contributed by atoms with Gasteiger partial charge in [0.1, 0.15) is 11.3 Å². The molecule has 1 aromatic carbocycles. The van der Waals surface area contributed by atoms with Crippen LogP contribution in [-0.2, 0) is 6.54 Å². The van der Waals surface area contributed by atoms with Crippen LogP contribution in [0.2, 0.25) is 0 Å². The van der Waals surface area contributed by atoms with Crippen molar-refractivity contribution in [2.75, 3.05) is 13.2 Å². The van der Waals surface area contributed by atoms with Crippen LogP contribution in [0.25, 0.3) is 11.0 Å². The first-order valence-corrected chi connectivity index (χ1v) is 7.97. The Morgan fingerprint density at radius 3 is 2.92 bits per heavy atom. The number of para-hydroxylation sites is 1. The zero-order valence-corrected chi connectivity index (χ0v) is 13.6. The van der Waals surface area contributed by atoms with Crippen LogP contribution in [0, 0.1) is 6.92 Å². The summed E-state index contributed by atoms with van der Waals surface area (Å²) in [4.78, 5) is 18.9. The molecule has 0 saturated heterocycles. The summed E-state index contributed by atoms with van der Waals surface area (Å²) in [5, 5.41) is 10.1. The van der Waals surface area contributed by atoms with E-state index in [0.717, 1.165) is 16.7 Å². The maximum Gasteiger partial charge on any atom is 0.257 e. The number of carbonyl (C=O) groups excluding carboxylic acids is 1. The number of fused-ring (bicyclic) bond motifs is 1. The Labute approximate surface area is 140 Å². The van der Waals surface area contributed by atoms with E-state index in [4.69, 9.17) is 9.52 Å². The summed E-state index contributed by atoms with van der Waals surface area (Å²) in [5.41, 5.74) is 2.11. The highest BCUT2D eigenvalue weighted by Crippen LogP contribution is 2.24. The molecule has 1 N–H and O–H groups in total. The molecular formula is C19H20N2O3. The molecule has 3 rings (SSSR count). The smallest absolute Gasteiger partial charge is 0.257 e. The summed E-state index contributed by atoms with van der Waals surface area (Å²) < 4.78 is 5.72. The van der Waals surface area contributed by atoms with Gasteiger partial charge in [-0.05, 0) is 37.1 Å². The second kappa shape index (κ2) is 7.27. The van der Waals surface area contributed by atoms with Gasteiger partial charge in [-0.1, -0.05) is 18.2 Å². The van der Waals surface area contributed by atoms with Crippen LogP contribution < -0.4 is 0 Å². The number of rotatable bonds is 6. The molecule has 5 nitrogen and oxygen atoms in total. The normalized spacial score (nSPS) is 10.9. The lowest BCUT2D eigenvalue weighted by molar-refractivity contribution is 0.0732. The molecule has 124 valence electrons. The first-order chi connectivity index (χ1) is 11.7. The van der Waals surface area contributed by atoms with Crippen molar-refractivity contribution in [3.63, 3.8) is 0 Å². The van der Waals surface area contributed by atoms with E-state index >= 15 is 0 Å². The van der Waals surface area contributed by atoms with Gasteiger partial charge in [0.05, 0.1) is 5.56 Å². The predicted octanol–water partition coefficient (Wildman–Crippen LogP) is 3.16. The fourth-order valence-electron chi connectivity index (χ4n) is 2.76. The molecule has 0 aliphatic carbocycles. The summed E-state index contributed by atoms with van der Waals surface area (Å²) in [5.74, 6) is 0.673. The van der Waals surface area contributed by atoms with Gasteiger partial charge in [0, 0.05) is 37.5 Å². The molecule has 0 spiro atoms. The van der Waals surface area contributed by atoms with Crippen molar-refractivity contribution in [1.29, 1.82) is 0 Å². The Kier molecular flexibility index (Phi) is 4.91. The van der Waals surface area contributed by atoms with E-state index < -0.39 is 0 Å². The van der Waals surface area contributed by atoms with E-state index in [1.54, 1.807) is 23.4 Å². The Morgan fingerprint density at radius 2 is 2.17 bits per heavy atom. The molecule has 0 radical (unpaired) electrons. The summed E-state index contributed by atoms with van der Waals surface area (Å²) in [7, 11) is 0. The Morgan fingerprint density at radius 1 is 1.29 bits per heavy atom. The minimum absolute atomic E-state index is 0.0425. The van der Waals surface area contributed by atoms with Gasteiger partial charge in [0.15, 0.2) is 0 Å². The third-order valence-corrected chi connectivity index (χ3v) is 3.87. The maximum atomic E-state index is 13.0. The molecule has 2 aromatic heterocycles. The Balaban J connectivity index is 1.92.